The number of rotatable bonds is 4. The number of carbonyl (C=O) groups excluding carboxylic acids is 1. The first-order chi connectivity index (χ1) is 9.97. The Kier molecular flexibility index (Phi) is 5.33. The summed E-state index contributed by atoms with van der Waals surface area (Å²) < 4.78 is 0.971. The smallest absolute Gasteiger partial charge is 0.323 e. The molecule has 1 fully saturated rings. The van der Waals surface area contributed by atoms with E-state index in [1.807, 2.05) is 36.4 Å². The Balaban J connectivity index is 2.18. The van der Waals surface area contributed by atoms with Gasteiger partial charge in [-0.05, 0) is 17.7 Å². The number of thiocarbonyl (C=S) groups is 1. The van der Waals surface area contributed by atoms with Crippen LogP contribution in [0.1, 0.15) is 5.56 Å². The van der Waals surface area contributed by atoms with Gasteiger partial charge in [0.15, 0.2) is 0 Å². The molecule has 1 amide bonds. The normalized spacial score (nSPS) is 17.7. The topological polar surface area (TPSA) is 57.6 Å². The average molecular weight is 384 g/mol. The van der Waals surface area contributed by atoms with Crippen molar-refractivity contribution in [1.29, 1.82) is 0 Å². The number of carbonyl (C=O) groups is 2. The minimum Gasteiger partial charge on any atom is -0.480 e. The number of carboxylic acid groups (broad SMARTS) is 1. The molecule has 1 N–H and O–H groups in total. The molecule has 0 unspecified atom stereocenters. The highest BCUT2D eigenvalue weighted by Crippen LogP contribution is 2.32. The van der Waals surface area contributed by atoms with Gasteiger partial charge in [-0.1, -0.05) is 70.2 Å². The molecule has 0 radical (unpaired) electrons. The second-order valence-corrected chi connectivity index (χ2v) is 6.69. The molecule has 0 atom stereocenters. The van der Waals surface area contributed by atoms with E-state index >= 15 is 0 Å². The molecule has 7 heteroatoms. The second-order valence-electron chi connectivity index (χ2n) is 4.10. The summed E-state index contributed by atoms with van der Waals surface area (Å²) in [5.41, 5.74) is 0.988. The molecule has 0 spiro atoms. The van der Waals surface area contributed by atoms with Crippen molar-refractivity contribution in [2.75, 3.05) is 6.54 Å². The molecule has 0 bridgehead atoms. The predicted octanol–water partition coefficient (Wildman–Crippen LogP) is 3.25. The Morgan fingerprint density at radius 1 is 1.38 bits per heavy atom. The molecule has 4 nitrogen and oxygen atoms in total. The lowest BCUT2D eigenvalue weighted by molar-refractivity contribution is -0.140. The number of amides is 1. The van der Waals surface area contributed by atoms with Gasteiger partial charge in [0.05, 0.1) is 4.91 Å². The molecule has 0 saturated carbocycles. The van der Waals surface area contributed by atoms with Gasteiger partial charge in [0, 0.05) is 4.48 Å². The van der Waals surface area contributed by atoms with Crippen molar-refractivity contribution < 1.29 is 14.7 Å². The number of benzene rings is 1. The maximum Gasteiger partial charge on any atom is 0.323 e. The molecule has 1 aromatic rings. The first-order valence-corrected chi connectivity index (χ1v) is 7.88. The molecule has 108 valence electrons. The lowest BCUT2D eigenvalue weighted by Crippen LogP contribution is -2.33. The predicted molar refractivity (Wildman–Crippen MR) is 91.0 cm³/mol. The number of thioether (sulfide) groups is 1. The molecule has 1 aromatic carbocycles. The van der Waals surface area contributed by atoms with Gasteiger partial charge in [-0.25, -0.2) is 0 Å². The summed E-state index contributed by atoms with van der Waals surface area (Å²) in [4.78, 5) is 24.3. The van der Waals surface area contributed by atoms with Gasteiger partial charge >= 0.3 is 5.97 Å². The van der Waals surface area contributed by atoms with Crippen molar-refractivity contribution in [3.8, 4) is 0 Å². The van der Waals surface area contributed by atoms with Crippen LogP contribution in [0.3, 0.4) is 0 Å². The fraction of sp³-hybridized carbons (Fsp3) is 0.0714. The Labute approximate surface area is 139 Å². The third-order valence-corrected chi connectivity index (χ3v) is 4.38. The molecule has 21 heavy (non-hydrogen) atoms. The summed E-state index contributed by atoms with van der Waals surface area (Å²) in [6.07, 6.45) is 3.51. The fourth-order valence-corrected chi connectivity index (χ4v) is 3.54. The van der Waals surface area contributed by atoms with Crippen molar-refractivity contribution in [2.24, 2.45) is 0 Å². The highest BCUT2D eigenvalue weighted by molar-refractivity contribution is 9.12. The Morgan fingerprint density at radius 2 is 2.05 bits per heavy atom. The minimum atomic E-state index is -1.09. The number of nitrogens with zero attached hydrogens (tertiary/aromatic N) is 1. The van der Waals surface area contributed by atoms with E-state index in [-0.39, 0.29) is 10.2 Å². The number of halogens is 1. The SMILES string of the molecule is O=C(O)CN1C(=O)/C(=C/C(Br)=C/c2ccccc2)SC1=S. The third-order valence-electron chi connectivity index (χ3n) is 2.54. The van der Waals surface area contributed by atoms with E-state index in [0.29, 0.717) is 9.39 Å². The summed E-state index contributed by atoms with van der Waals surface area (Å²) in [7, 11) is 0. The highest BCUT2D eigenvalue weighted by atomic mass is 79.9. The maximum atomic E-state index is 12.1. The van der Waals surface area contributed by atoms with Crippen LogP contribution in [0.4, 0.5) is 0 Å². The lowest BCUT2D eigenvalue weighted by Gasteiger charge is -2.10. The highest BCUT2D eigenvalue weighted by Gasteiger charge is 2.33. The van der Waals surface area contributed by atoms with Crippen LogP contribution in [-0.4, -0.2) is 32.7 Å². The molecule has 1 aliphatic rings. The van der Waals surface area contributed by atoms with E-state index in [4.69, 9.17) is 17.3 Å². The standard InChI is InChI=1S/C14H10BrNO3S2/c15-10(6-9-4-2-1-3-5-9)7-11-13(19)16(8-12(17)18)14(20)21-11/h1-7H,8H2,(H,17,18)/b10-6-,11-7-. The summed E-state index contributed by atoms with van der Waals surface area (Å²) in [5.74, 6) is -1.47. The van der Waals surface area contributed by atoms with Crippen LogP contribution in [0.15, 0.2) is 45.8 Å². The van der Waals surface area contributed by atoms with Crippen LogP contribution < -0.4 is 0 Å². The zero-order chi connectivity index (χ0) is 15.4. The van der Waals surface area contributed by atoms with Crippen molar-refractivity contribution in [2.45, 2.75) is 0 Å². The molecular weight excluding hydrogens is 374 g/mol. The number of allylic oxidation sites excluding steroid dienone is 2. The van der Waals surface area contributed by atoms with Crippen molar-refractivity contribution in [1.82, 2.24) is 4.90 Å². The van der Waals surface area contributed by atoms with Gasteiger partial charge < -0.3 is 5.11 Å². The van der Waals surface area contributed by atoms with Crippen LogP contribution in [0.5, 0.6) is 0 Å². The summed E-state index contributed by atoms with van der Waals surface area (Å²) >= 11 is 9.51. The molecule has 0 aliphatic carbocycles. The quantitative estimate of drug-likeness (QED) is 0.638. The largest absolute Gasteiger partial charge is 0.480 e. The minimum absolute atomic E-state index is 0.258. The summed E-state index contributed by atoms with van der Waals surface area (Å²) in [6, 6.07) is 9.62. The molecule has 0 aromatic heterocycles. The number of hydrogen-bond donors (Lipinski definition) is 1. The van der Waals surface area contributed by atoms with E-state index in [1.54, 1.807) is 6.08 Å². The van der Waals surface area contributed by atoms with Crippen molar-refractivity contribution in [3.05, 3.63) is 51.4 Å². The zero-order valence-electron chi connectivity index (χ0n) is 10.7. The fourth-order valence-electron chi connectivity index (χ4n) is 1.65. The summed E-state index contributed by atoms with van der Waals surface area (Å²) in [6.45, 7) is -0.415. The average Bonchev–Trinajstić information content (AvgIpc) is 2.67. The van der Waals surface area contributed by atoms with Gasteiger partial charge in [0.2, 0.25) is 0 Å². The van der Waals surface area contributed by atoms with Crippen LogP contribution >= 0.6 is 39.9 Å². The molecular formula is C14H10BrNO3S2. The van der Waals surface area contributed by atoms with E-state index < -0.39 is 12.5 Å². The number of hydrogen-bond acceptors (Lipinski definition) is 4. The second kappa shape index (κ2) is 7.02. The van der Waals surface area contributed by atoms with Crippen LogP contribution in [0.25, 0.3) is 6.08 Å². The van der Waals surface area contributed by atoms with Crippen LogP contribution in [0, 0.1) is 0 Å². The van der Waals surface area contributed by atoms with Crippen LogP contribution in [0.2, 0.25) is 0 Å². The first-order valence-electron chi connectivity index (χ1n) is 5.87. The van der Waals surface area contributed by atoms with Gasteiger partial charge in [-0.15, -0.1) is 0 Å². The van der Waals surface area contributed by atoms with Gasteiger partial charge in [-0.3, -0.25) is 14.5 Å². The zero-order valence-corrected chi connectivity index (χ0v) is 13.9. The maximum absolute atomic E-state index is 12.1. The Morgan fingerprint density at radius 3 is 2.67 bits per heavy atom. The summed E-state index contributed by atoms with van der Waals surface area (Å²) in [5, 5.41) is 8.77. The molecule has 1 heterocycles. The number of aliphatic carboxylic acids is 1. The van der Waals surface area contributed by atoms with E-state index in [9.17, 15) is 9.59 Å². The Hall–Kier alpha value is -1.44. The lowest BCUT2D eigenvalue weighted by atomic mass is 10.2. The van der Waals surface area contributed by atoms with Crippen LogP contribution in [-0.2, 0) is 9.59 Å². The Bertz CT molecular complexity index is 655. The third kappa shape index (κ3) is 4.26. The van der Waals surface area contributed by atoms with E-state index in [0.717, 1.165) is 22.2 Å². The van der Waals surface area contributed by atoms with Gasteiger partial charge in [0.1, 0.15) is 10.9 Å². The molecule has 2 rings (SSSR count). The van der Waals surface area contributed by atoms with E-state index in [1.165, 1.54) is 0 Å². The van der Waals surface area contributed by atoms with Crippen molar-refractivity contribution in [3.63, 3.8) is 0 Å². The van der Waals surface area contributed by atoms with E-state index in [2.05, 4.69) is 15.9 Å². The van der Waals surface area contributed by atoms with Gasteiger partial charge in [-0.2, -0.15) is 0 Å². The first kappa shape index (κ1) is 15.9. The molecule has 1 saturated heterocycles. The van der Waals surface area contributed by atoms with Crippen molar-refractivity contribution >= 4 is 62.2 Å². The molecule has 1 aliphatic heterocycles. The van der Waals surface area contributed by atoms with Gasteiger partial charge in [0.25, 0.3) is 5.91 Å². The number of carboxylic acids is 1. The monoisotopic (exact) mass is 383 g/mol.